The first kappa shape index (κ1) is 16.1. The summed E-state index contributed by atoms with van der Waals surface area (Å²) in [6.07, 6.45) is 0.673. The normalized spacial score (nSPS) is 12.2. The van der Waals surface area contributed by atoms with Gasteiger partial charge in [0.25, 0.3) is 5.56 Å². The molecule has 1 aromatic heterocycles. The van der Waals surface area contributed by atoms with Crippen LogP contribution in [0.5, 0.6) is 11.5 Å². The van der Waals surface area contributed by atoms with Crippen molar-refractivity contribution in [1.29, 1.82) is 0 Å². The first-order chi connectivity index (χ1) is 11.5. The number of hydrogen-bond acceptors (Lipinski definition) is 5. The molecule has 0 spiro atoms. The van der Waals surface area contributed by atoms with E-state index in [0.29, 0.717) is 24.5 Å². The molecule has 0 saturated heterocycles. The molecule has 1 aliphatic rings. The first-order valence-electron chi connectivity index (χ1n) is 7.59. The molecule has 2 aromatic rings. The lowest BCUT2D eigenvalue weighted by atomic mass is 9.93. The Morgan fingerprint density at radius 1 is 1.08 bits per heavy atom. The number of carbonyl (C=O) groups is 1. The average molecular weight is 329 g/mol. The van der Waals surface area contributed by atoms with Crippen LogP contribution in [0.3, 0.4) is 0 Å². The average Bonchev–Trinajstić information content (AvgIpc) is 2.61. The summed E-state index contributed by atoms with van der Waals surface area (Å²) in [5.74, 6) is 0.654. The van der Waals surface area contributed by atoms with Gasteiger partial charge in [-0.15, -0.1) is 0 Å². The maximum atomic E-state index is 12.7. The van der Waals surface area contributed by atoms with Gasteiger partial charge < -0.3 is 18.8 Å². The molecule has 0 radical (unpaired) electrons. The molecular formula is C18H19NO5. The van der Waals surface area contributed by atoms with Gasteiger partial charge in [-0.05, 0) is 42.7 Å². The highest BCUT2D eigenvalue weighted by molar-refractivity contribution is 5.90. The number of ether oxygens (including phenoxy) is 3. The van der Waals surface area contributed by atoms with Crippen LogP contribution in [0.25, 0.3) is 11.3 Å². The summed E-state index contributed by atoms with van der Waals surface area (Å²) in [4.78, 5) is 24.5. The van der Waals surface area contributed by atoms with Crippen molar-refractivity contribution in [3.63, 3.8) is 0 Å². The van der Waals surface area contributed by atoms with E-state index in [-0.39, 0.29) is 11.1 Å². The number of hydrogen-bond donors (Lipinski definition) is 0. The molecule has 0 aliphatic carbocycles. The molecule has 1 aromatic carbocycles. The Kier molecular flexibility index (Phi) is 4.05. The van der Waals surface area contributed by atoms with E-state index in [4.69, 9.17) is 14.2 Å². The second-order valence-electron chi connectivity index (χ2n) is 5.65. The molecule has 0 atom stereocenters. The van der Waals surface area contributed by atoms with Crippen LogP contribution in [0.4, 0.5) is 0 Å². The zero-order valence-electron chi connectivity index (χ0n) is 14.1. The van der Waals surface area contributed by atoms with Crippen LogP contribution in [-0.4, -0.2) is 31.9 Å². The summed E-state index contributed by atoms with van der Waals surface area (Å²) in [6.45, 7) is 2.38. The van der Waals surface area contributed by atoms with Gasteiger partial charge in [0.15, 0.2) is 11.5 Å². The smallest absolute Gasteiger partial charge is 0.343 e. The lowest BCUT2D eigenvalue weighted by Gasteiger charge is -2.25. The third-order valence-electron chi connectivity index (χ3n) is 4.35. The van der Waals surface area contributed by atoms with Crippen molar-refractivity contribution in [2.45, 2.75) is 19.9 Å². The van der Waals surface area contributed by atoms with E-state index in [1.165, 1.54) is 7.11 Å². The second kappa shape index (κ2) is 6.03. The molecule has 0 unspecified atom stereocenters. The van der Waals surface area contributed by atoms with E-state index < -0.39 is 5.97 Å². The fourth-order valence-electron chi connectivity index (χ4n) is 3.21. The van der Waals surface area contributed by atoms with E-state index in [1.54, 1.807) is 24.9 Å². The number of aromatic nitrogens is 1. The number of carbonyl (C=O) groups excluding carboxylic acids is 1. The zero-order valence-corrected chi connectivity index (χ0v) is 14.1. The van der Waals surface area contributed by atoms with Crippen LogP contribution in [-0.2, 0) is 17.7 Å². The Hall–Kier alpha value is -2.76. The van der Waals surface area contributed by atoms with Crippen molar-refractivity contribution >= 4 is 5.97 Å². The fraction of sp³-hybridized carbons (Fsp3) is 0.333. The third kappa shape index (κ3) is 2.35. The van der Waals surface area contributed by atoms with Crippen molar-refractivity contribution in [3.05, 3.63) is 45.2 Å². The lowest BCUT2D eigenvalue weighted by Crippen LogP contribution is -2.31. The fourth-order valence-corrected chi connectivity index (χ4v) is 3.21. The van der Waals surface area contributed by atoms with E-state index in [0.717, 1.165) is 22.4 Å². The topological polar surface area (TPSA) is 66.8 Å². The summed E-state index contributed by atoms with van der Waals surface area (Å²) >= 11 is 0. The van der Waals surface area contributed by atoms with Crippen LogP contribution >= 0.6 is 0 Å². The zero-order chi connectivity index (χ0) is 17.4. The highest BCUT2D eigenvalue weighted by Gasteiger charge is 2.25. The Morgan fingerprint density at radius 3 is 2.38 bits per heavy atom. The number of aryl methyl sites for hydroxylation is 2. The minimum atomic E-state index is -0.614. The maximum Gasteiger partial charge on any atom is 0.343 e. The highest BCUT2D eigenvalue weighted by atomic mass is 16.5. The van der Waals surface area contributed by atoms with Crippen LogP contribution in [0, 0.1) is 6.92 Å². The minimum Gasteiger partial charge on any atom is -0.493 e. The third-order valence-corrected chi connectivity index (χ3v) is 4.35. The summed E-state index contributed by atoms with van der Waals surface area (Å²) in [7, 11) is 4.44. The van der Waals surface area contributed by atoms with E-state index in [2.05, 4.69) is 0 Å². The lowest BCUT2D eigenvalue weighted by molar-refractivity contribution is 0.0598. The van der Waals surface area contributed by atoms with Crippen LogP contribution < -0.4 is 15.0 Å². The molecule has 0 N–H and O–H groups in total. The van der Waals surface area contributed by atoms with Gasteiger partial charge in [0, 0.05) is 12.1 Å². The number of nitrogens with zero attached hydrogens (tertiary/aromatic N) is 1. The van der Waals surface area contributed by atoms with E-state index in [1.807, 2.05) is 19.1 Å². The van der Waals surface area contributed by atoms with Gasteiger partial charge in [0.2, 0.25) is 0 Å². The summed E-state index contributed by atoms with van der Waals surface area (Å²) in [6, 6.07) is 5.41. The largest absolute Gasteiger partial charge is 0.493 e. The van der Waals surface area contributed by atoms with Crippen LogP contribution in [0.1, 0.15) is 21.5 Å². The summed E-state index contributed by atoms with van der Waals surface area (Å²) in [5, 5.41) is 0. The van der Waals surface area contributed by atoms with Gasteiger partial charge in [-0.3, -0.25) is 4.79 Å². The summed E-state index contributed by atoms with van der Waals surface area (Å²) in [5.41, 5.74) is 3.37. The molecular weight excluding hydrogens is 310 g/mol. The number of fused-ring (bicyclic) bond motifs is 3. The number of methoxy groups -OCH3 is 3. The predicted octanol–water partition coefficient (Wildman–Crippen LogP) is 2.18. The quantitative estimate of drug-likeness (QED) is 0.808. The van der Waals surface area contributed by atoms with Crippen LogP contribution in [0.2, 0.25) is 0 Å². The van der Waals surface area contributed by atoms with E-state index >= 15 is 0 Å². The molecule has 126 valence electrons. The molecule has 0 bridgehead atoms. The van der Waals surface area contributed by atoms with Crippen molar-refractivity contribution in [2.75, 3.05) is 21.3 Å². The standard InChI is InChI=1S/C18H19NO5/c1-10-7-13(18(21)24-4)17(20)19-6-5-11-8-14(22-2)15(23-3)9-12(11)16(10)19/h7-9H,5-6H2,1-4H3. The predicted molar refractivity (Wildman–Crippen MR) is 89.0 cm³/mol. The minimum absolute atomic E-state index is 0.0580. The summed E-state index contributed by atoms with van der Waals surface area (Å²) < 4.78 is 17.1. The molecule has 0 amide bonds. The maximum absolute atomic E-state index is 12.7. The Balaban J connectivity index is 2.28. The van der Waals surface area contributed by atoms with Crippen molar-refractivity contribution in [3.8, 4) is 22.8 Å². The number of benzene rings is 1. The number of pyridine rings is 1. The number of esters is 1. The molecule has 1 aliphatic heterocycles. The van der Waals surface area contributed by atoms with Gasteiger partial charge in [-0.1, -0.05) is 0 Å². The Bertz CT molecular complexity index is 882. The second-order valence-corrected chi connectivity index (χ2v) is 5.65. The van der Waals surface area contributed by atoms with Crippen molar-refractivity contribution in [1.82, 2.24) is 4.57 Å². The van der Waals surface area contributed by atoms with Crippen molar-refractivity contribution < 1.29 is 19.0 Å². The molecule has 2 heterocycles. The van der Waals surface area contributed by atoms with Gasteiger partial charge in [0.05, 0.1) is 27.0 Å². The molecule has 0 saturated carbocycles. The number of rotatable bonds is 3. The monoisotopic (exact) mass is 329 g/mol. The van der Waals surface area contributed by atoms with E-state index in [9.17, 15) is 9.59 Å². The first-order valence-corrected chi connectivity index (χ1v) is 7.59. The van der Waals surface area contributed by atoms with Gasteiger partial charge in [-0.2, -0.15) is 0 Å². The highest BCUT2D eigenvalue weighted by Crippen LogP contribution is 2.39. The van der Waals surface area contributed by atoms with Gasteiger partial charge >= 0.3 is 5.97 Å². The molecule has 3 rings (SSSR count). The SMILES string of the molecule is COC(=O)c1cc(C)c2n(c1=O)CCc1cc(OC)c(OC)cc1-2. The Labute approximate surface area is 139 Å². The van der Waals surface area contributed by atoms with Gasteiger partial charge in [-0.25, -0.2) is 4.79 Å². The van der Waals surface area contributed by atoms with Gasteiger partial charge in [0.1, 0.15) is 5.56 Å². The van der Waals surface area contributed by atoms with Crippen molar-refractivity contribution in [2.24, 2.45) is 0 Å². The Morgan fingerprint density at radius 2 is 1.75 bits per heavy atom. The molecule has 6 nitrogen and oxygen atoms in total. The molecule has 6 heteroatoms. The molecule has 24 heavy (non-hydrogen) atoms. The molecule has 0 fully saturated rings. The van der Waals surface area contributed by atoms with Crippen LogP contribution in [0.15, 0.2) is 23.0 Å².